The van der Waals surface area contributed by atoms with Crippen LogP contribution in [0.5, 0.6) is 5.75 Å². The molecular weight excluding hydrogens is 288 g/mol. The summed E-state index contributed by atoms with van der Waals surface area (Å²) in [5.41, 5.74) is -0.253. The van der Waals surface area contributed by atoms with E-state index < -0.39 is 11.5 Å². The number of amides is 2. The van der Waals surface area contributed by atoms with E-state index in [0.29, 0.717) is 17.7 Å². The minimum atomic E-state index is -0.649. The third-order valence-corrected chi connectivity index (χ3v) is 2.98. The van der Waals surface area contributed by atoms with Crippen LogP contribution < -0.4 is 21.0 Å². The highest BCUT2D eigenvalue weighted by atomic mass is 16.5. The maximum Gasteiger partial charge on any atom is 0.337 e. The van der Waals surface area contributed by atoms with Gasteiger partial charge in [0.25, 0.3) is 5.91 Å². The summed E-state index contributed by atoms with van der Waals surface area (Å²) in [5, 5.41) is 5.50. The van der Waals surface area contributed by atoms with Crippen molar-refractivity contribution in [3.05, 3.63) is 40.2 Å². The average Bonchev–Trinajstić information content (AvgIpc) is 2.51. The number of carbonyl (C=O) groups excluding carboxylic acids is 2. The molecule has 22 heavy (non-hydrogen) atoms. The number of methoxy groups -OCH3 is 1. The Morgan fingerprint density at radius 2 is 2.00 bits per heavy atom. The Morgan fingerprint density at radius 1 is 1.23 bits per heavy atom. The van der Waals surface area contributed by atoms with Gasteiger partial charge in [-0.2, -0.15) is 0 Å². The molecule has 0 fully saturated rings. The lowest BCUT2D eigenvalue weighted by molar-refractivity contribution is -0.120. The number of ether oxygens (including phenoxy) is 1. The zero-order chi connectivity index (χ0) is 16.1. The first-order chi connectivity index (χ1) is 10.5. The summed E-state index contributed by atoms with van der Waals surface area (Å²) >= 11 is 0. The van der Waals surface area contributed by atoms with Gasteiger partial charge < -0.3 is 19.8 Å². The van der Waals surface area contributed by atoms with Crippen LogP contribution in [0.2, 0.25) is 0 Å². The number of likely N-dealkylation sites (N-methyl/N-ethyl adjacent to an activating group) is 1. The van der Waals surface area contributed by atoms with Crippen molar-refractivity contribution < 1.29 is 18.7 Å². The predicted molar refractivity (Wildman–Crippen MR) is 80.1 cm³/mol. The van der Waals surface area contributed by atoms with Gasteiger partial charge >= 0.3 is 5.63 Å². The van der Waals surface area contributed by atoms with E-state index in [2.05, 4.69) is 10.6 Å². The van der Waals surface area contributed by atoms with Gasteiger partial charge in [0, 0.05) is 24.1 Å². The summed E-state index contributed by atoms with van der Waals surface area (Å²) in [6.07, 6.45) is 0. The monoisotopic (exact) mass is 304 g/mol. The van der Waals surface area contributed by atoms with Crippen LogP contribution >= 0.6 is 0 Å². The van der Waals surface area contributed by atoms with Crippen molar-refractivity contribution >= 4 is 22.8 Å². The molecular formula is C15H16N2O5. The molecule has 0 saturated carbocycles. The van der Waals surface area contributed by atoms with E-state index in [1.54, 1.807) is 19.1 Å². The number of rotatable bonds is 5. The highest BCUT2D eigenvalue weighted by Gasteiger charge is 2.14. The number of benzene rings is 1. The first-order valence-electron chi connectivity index (χ1n) is 6.72. The molecule has 0 spiro atoms. The van der Waals surface area contributed by atoms with Crippen molar-refractivity contribution in [2.75, 3.05) is 20.2 Å². The topological polar surface area (TPSA) is 97.6 Å². The van der Waals surface area contributed by atoms with Crippen molar-refractivity contribution in [3.8, 4) is 5.75 Å². The van der Waals surface area contributed by atoms with Crippen LogP contribution in [0.4, 0.5) is 0 Å². The second kappa shape index (κ2) is 6.75. The molecule has 2 N–H and O–H groups in total. The van der Waals surface area contributed by atoms with Gasteiger partial charge in [-0.15, -0.1) is 0 Å². The summed E-state index contributed by atoms with van der Waals surface area (Å²) in [6.45, 7) is 2.10. The molecule has 0 radical (unpaired) electrons. The maximum absolute atomic E-state index is 12.2. The third-order valence-electron chi connectivity index (χ3n) is 2.98. The molecule has 2 rings (SSSR count). The smallest absolute Gasteiger partial charge is 0.337 e. The fourth-order valence-electron chi connectivity index (χ4n) is 1.97. The average molecular weight is 304 g/mol. The number of fused-ring (bicyclic) bond motifs is 1. The molecule has 1 aromatic carbocycles. The van der Waals surface area contributed by atoms with Crippen LogP contribution in [0.25, 0.3) is 11.0 Å². The molecule has 0 bridgehead atoms. The van der Waals surface area contributed by atoms with E-state index in [9.17, 15) is 14.4 Å². The van der Waals surface area contributed by atoms with Crippen LogP contribution in [0, 0.1) is 0 Å². The summed E-state index contributed by atoms with van der Waals surface area (Å²) in [4.78, 5) is 35.1. The lowest BCUT2D eigenvalue weighted by Gasteiger charge is -2.08. The van der Waals surface area contributed by atoms with Gasteiger partial charge in [0.15, 0.2) is 0 Å². The van der Waals surface area contributed by atoms with Gasteiger partial charge in [0.2, 0.25) is 5.91 Å². The minimum Gasteiger partial charge on any atom is -0.497 e. The largest absolute Gasteiger partial charge is 0.497 e. The van der Waals surface area contributed by atoms with Crippen molar-refractivity contribution in [1.29, 1.82) is 0 Å². The van der Waals surface area contributed by atoms with Gasteiger partial charge in [0.1, 0.15) is 11.3 Å². The molecule has 0 aliphatic carbocycles. The molecule has 7 heteroatoms. The number of carbonyl (C=O) groups is 2. The Morgan fingerprint density at radius 3 is 2.68 bits per heavy atom. The predicted octanol–water partition coefficient (Wildman–Crippen LogP) is 0.667. The van der Waals surface area contributed by atoms with Crippen molar-refractivity contribution in [2.45, 2.75) is 6.92 Å². The molecule has 0 atom stereocenters. The molecule has 2 amide bonds. The van der Waals surface area contributed by atoms with E-state index >= 15 is 0 Å². The Labute approximate surface area is 126 Å². The summed E-state index contributed by atoms with van der Waals surface area (Å²) in [7, 11) is 1.49. The molecule has 1 heterocycles. The number of hydrogen-bond acceptors (Lipinski definition) is 5. The van der Waals surface area contributed by atoms with E-state index in [4.69, 9.17) is 9.15 Å². The lowest BCUT2D eigenvalue weighted by Crippen LogP contribution is -2.37. The second-order valence-corrected chi connectivity index (χ2v) is 4.48. The third kappa shape index (κ3) is 3.43. The van der Waals surface area contributed by atoms with E-state index in [0.717, 1.165) is 6.07 Å². The Hall–Kier alpha value is -2.83. The van der Waals surface area contributed by atoms with Gasteiger partial charge in [-0.05, 0) is 19.1 Å². The van der Waals surface area contributed by atoms with Gasteiger partial charge in [-0.1, -0.05) is 0 Å². The Bertz CT molecular complexity index is 766. The summed E-state index contributed by atoms with van der Waals surface area (Å²) in [6, 6.07) is 5.90. The zero-order valence-corrected chi connectivity index (χ0v) is 12.3. The van der Waals surface area contributed by atoms with Gasteiger partial charge in [-0.3, -0.25) is 9.59 Å². The lowest BCUT2D eigenvalue weighted by atomic mass is 10.1. The molecule has 0 aliphatic rings. The quantitative estimate of drug-likeness (QED) is 0.791. The highest BCUT2D eigenvalue weighted by Crippen LogP contribution is 2.22. The van der Waals surface area contributed by atoms with E-state index in [1.165, 1.54) is 13.2 Å². The molecule has 2 aromatic rings. The van der Waals surface area contributed by atoms with Crippen molar-refractivity contribution in [2.24, 2.45) is 0 Å². The van der Waals surface area contributed by atoms with Crippen LogP contribution in [-0.4, -0.2) is 32.0 Å². The molecule has 7 nitrogen and oxygen atoms in total. The fraction of sp³-hybridized carbons (Fsp3) is 0.267. The first kappa shape index (κ1) is 15.6. The van der Waals surface area contributed by atoms with Crippen molar-refractivity contribution in [3.63, 3.8) is 0 Å². The van der Waals surface area contributed by atoms with Crippen LogP contribution in [0.3, 0.4) is 0 Å². The van der Waals surface area contributed by atoms with E-state index in [-0.39, 0.29) is 23.6 Å². The molecule has 0 unspecified atom stereocenters. The Kier molecular flexibility index (Phi) is 4.77. The highest BCUT2D eigenvalue weighted by molar-refractivity contribution is 6.06. The zero-order valence-electron chi connectivity index (χ0n) is 12.3. The number of hydrogen-bond donors (Lipinski definition) is 2. The maximum atomic E-state index is 12.2. The molecule has 116 valence electrons. The second-order valence-electron chi connectivity index (χ2n) is 4.48. The number of nitrogens with one attached hydrogen (secondary N) is 2. The van der Waals surface area contributed by atoms with Crippen LogP contribution in [-0.2, 0) is 4.79 Å². The summed E-state index contributed by atoms with van der Waals surface area (Å²) in [5.74, 6) is -0.311. The van der Waals surface area contributed by atoms with Crippen LogP contribution in [0.15, 0.2) is 33.5 Å². The standard InChI is InChI=1S/C15H16N2O5/c1-3-16-13(18)8-17-15(20)11-7-14(19)22-12-6-9(21-2)4-5-10(11)12/h4-7H,3,8H2,1-2H3,(H,16,18)(H,17,20). The fourth-order valence-corrected chi connectivity index (χ4v) is 1.97. The molecule has 0 aliphatic heterocycles. The van der Waals surface area contributed by atoms with Crippen molar-refractivity contribution in [1.82, 2.24) is 10.6 Å². The first-order valence-corrected chi connectivity index (χ1v) is 6.72. The van der Waals surface area contributed by atoms with Gasteiger partial charge in [0.05, 0.1) is 19.2 Å². The minimum absolute atomic E-state index is 0.151. The van der Waals surface area contributed by atoms with E-state index in [1.807, 2.05) is 0 Å². The Balaban J connectivity index is 2.32. The SMILES string of the molecule is CCNC(=O)CNC(=O)c1cc(=O)oc2cc(OC)ccc12. The van der Waals surface area contributed by atoms with Gasteiger partial charge in [-0.25, -0.2) is 4.79 Å². The molecule has 1 aromatic heterocycles. The molecule has 0 saturated heterocycles. The summed E-state index contributed by atoms with van der Waals surface area (Å²) < 4.78 is 10.1. The van der Waals surface area contributed by atoms with Crippen LogP contribution in [0.1, 0.15) is 17.3 Å². The normalized spacial score (nSPS) is 10.3.